The van der Waals surface area contributed by atoms with E-state index < -0.39 is 39.1 Å². The molecule has 192 valence electrons. The third-order valence-corrected chi connectivity index (χ3v) is 5.58. The van der Waals surface area contributed by atoms with Gasteiger partial charge in [0.25, 0.3) is 17.5 Å². The molecule has 0 spiro atoms. The molecule has 1 aliphatic heterocycles. The maximum absolute atomic E-state index is 13.1. The molecular formula is C24H15ClN4O9. The molecule has 4 rings (SSSR count). The number of rotatable bonds is 7. The number of anilines is 1. The van der Waals surface area contributed by atoms with Gasteiger partial charge in [-0.25, -0.2) is 9.69 Å². The van der Waals surface area contributed by atoms with E-state index in [2.05, 4.69) is 5.32 Å². The highest BCUT2D eigenvalue weighted by molar-refractivity contribution is 6.42. The van der Waals surface area contributed by atoms with Crippen LogP contribution in [-0.2, 0) is 9.59 Å². The van der Waals surface area contributed by atoms with Crippen LogP contribution in [-0.4, -0.2) is 34.8 Å². The zero-order chi connectivity index (χ0) is 27.6. The number of urea groups is 1. The Morgan fingerprint density at radius 1 is 0.921 bits per heavy atom. The van der Waals surface area contributed by atoms with Gasteiger partial charge in [-0.15, -0.1) is 0 Å². The summed E-state index contributed by atoms with van der Waals surface area (Å²) in [5.41, 5.74) is -1.12. The molecule has 0 bridgehead atoms. The van der Waals surface area contributed by atoms with Crippen molar-refractivity contribution in [3.05, 3.63) is 97.1 Å². The van der Waals surface area contributed by atoms with Crippen molar-refractivity contribution in [3.63, 3.8) is 0 Å². The maximum atomic E-state index is 13.1. The molecule has 3 aromatic rings. The number of imide groups is 2. The first-order valence-electron chi connectivity index (χ1n) is 10.6. The lowest BCUT2D eigenvalue weighted by atomic mass is 10.1. The third-order valence-electron chi connectivity index (χ3n) is 5.26. The molecule has 38 heavy (non-hydrogen) atoms. The van der Waals surface area contributed by atoms with Gasteiger partial charge in [0.05, 0.1) is 33.7 Å². The van der Waals surface area contributed by atoms with Crippen molar-refractivity contribution >= 4 is 52.6 Å². The summed E-state index contributed by atoms with van der Waals surface area (Å²) in [6.45, 7) is 0. The normalized spacial score (nSPS) is 14.3. The fourth-order valence-corrected chi connectivity index (χ4v) is 3.72. The Bertz CT molecular complexity index is 1550. The van der Waals surface area contributed by atoms with Crippen molar-refractivity contribution < 1.29 is 33.7 Å². The lowest BCUT2D eigenvalue weighted by Gasteiger charge is -2.27. The zero-order valence-corrected chi connectivity index (χ0v) is 20.0. The van der Waals surface area contributed by atoms with Gasteiger partial charge in [-0.2, -0.15) is 0 Å². The van der Waals surface area contributed by atoms with Crippen LogP contribution in [0.2, 0.25) is 5.02 Å². The van der Waals surface area contributed by atoms with Gasteiger partial charge in [0.15, 0.2) is 11.5 Å². The second kappa shape index (κ2) is 10.4. The fraction of sp³-hybridized carbons (Fsp3) is 0.0417. The number of carbonyl (C=O) groups excluding carboxylic acids is 3. The van der Waals surface area contributed by atoms with Gasteiger partial charge < -0.3 is 9.47 Å². The van der Waals surface area contributed by atoms with Gasteiger partial charge in [-0.05, 0) is 42.0 Å². The predicted octanol–water partition coefficient (Wildman–Crippen LogP) is 4.62. The summed E-state index contributed by atoms with van der Waals surface area (Å²) < 4.78 is 10.9. The number of barbiturate groups is 1. The van der Waals surface area contributed by atoms with Crippen molar-refractivity contribution in [2.45, 2.75) is 0 Å². The Balaban J connectivity index is 1.68. The smallest absolute Gasteiger partial charge is 0.335 e. The summed E-state index contributed by atoms with van der Waals surface area (Å²) >= 11 is 6.13. The number of nitrogens with zero attached hydrogens (tertiary/aromatic N) is 3. The lowest BCUT2D eigenvalue weighted by Crippen LogP contribution is -2.54. The van der Waals surface area contributed by atoms with Crippen LogP contribution in [0.15, 0.2) is 66.2 Å². The van der Waals surface area contributed by atoms with Crippen LogP contribution in [0, 0.1) is 20.2 Å². The van der Waals surface area contributed by atoms with Gasteiger partial charge in [0, 0.05) is 6.07 Å². The molecule has 0 radical (unpaired) electrons. The number of para-hydroxylation sites is 1. The molecule has 0 saturated carbocycles. The maximum Gasteiger partial charge on any atom is 0.335 e. The highest BCUT2D eigenvalue weighted by Crippen LogP contribution is 2.39. The molecule has 0 unspecified atom stereocenters. The van der Waals surface area contributed by atoms with Crippen molar-refractivity contribution in [1.29, 1.82) is 0 Å². The average Bonchev–Trinajstić information content (AvgIpc) is 2.88. The van der Waals surface area contributed by atoms with Crippen LogP contribution < -0.4 is 19.7 Å². The SMILES string of the molecule is COc1cc(/C=C2\C(=O)NC(=O)N(c3ccccc3Cl)C2=O)ccc1Oc1ccc([N+](=O)[O-])cc1[N+](=O)[O-]. The largest absolute Gasteiger partial charge is 0.493 e. The average molecular weight is 539 g/mol. The van der Waals surface area contributed by atoms with Crippen LogP contribution in [0.3, 0.4) is 0 Å². The Hall–Kier alpha value is -5.30. The van der Waals surface area contributed by atoms with E-state index in [1.54, 1.807) is 12.1 Å². The minimum Gasteiger partial charge on any atom is -0.493 e. The van der Waals surface area contributed by atoms with Gasteiger partial charge in [0.2, 0.25) is 5.75 Å². The van der Waals surface area contributed by atoms with Crippen LogP contribution in [0.25, 0.3) is 6.08 Å². The number of nitro groups is 2. The predicted molar refractivity (Wildman–Crippen MR) is 133 cm³/mol. The standard InChI is InChI=1S/C24H15ClN4O9/c1-37-21-11-13(6-8-20(21)38-19-9-7-14(28(33)34)12-18(19)29(35)36)10-15-22(30)26-24(32)27(23(15)31)17-5-3-2-4-16(17)25/h2-12H,1H3,(H,26,30,32)/b15-10+. The second-order valence-corrected chi connectivity index (χ2v) is 8.00. The van der Waals surface area contributed by atoms with E-state index in [0.717, 1.165) is 23.1 Å². The van der Waals surface area contributed by atoms with E-state index in [1.807, 2.05) is 0 Å². The van der Waals surface area contributed by atoms with E-state index in [0.29, 0.717) is 5.56 Å². The molecule has 0 atom stereocenters. The molecule has 1 N–H and O–H groups in total. The van der Waals surface area contributed by atoms with E-state index in [1.165, 1.54) is 43.5 Å². The summed E-state index contributed by atoms with van der Waals surface area (Å²) in [6.07, 6.45) is 1.22. The highest BCUT2D eigenvalue weighted by atomic mass is 35.5. The number of amides is 4. The van der Waals surface area contributed by atoms with Crippen LogP contribution >= 0.6 is 11.6 Å². The lowest BCUT2D eigenvalue weighted by molar-refractivity contribution is -0.394. The Labute approximate surface area is 218 Å². The van der Waals surface area contributed by atoms with E-state index >= 15 is 0 Å². The molecule has 1 fully saturated rings. The molecular weight excluding hydrogens is 524 g/mol. The van der Waals surface area contributed by atoms with Crippen LogP contribution in [0.5, 0.6) is 17.2 Å². The number of nitro benzene ring substituents is 2. The Kier molecular flexibility index (Phi) is 7.03. The summed E-state index contributed by atoms with van der Waals surface area (Å²) in [6, 6.07) is 12.2. The molecule has 1 aliphatic rings. The molecule has 14 heteroatoms. The number of carbonyl (C=O) groups is 3. The van der Waals surface area contributed by atoms with Crippen molar-refractivity contribution in [2.24, 2.45) is 0 Å². The summed E-state index contributed by atoms with van der Waals surface area (Å²) in [5.74, 6) is -2.04. The van der Waals surface area contributed by atoms with Gasteiger partial charge in [-0.1, -0.05) is 29.8 Å². The topological polar surface area (TPSA) is 171 Å². The summed E-state index contributed by atoms with van der Waals surface area (Å²) in [4.78, 5) is 59.5. The minimum absolute atomic E-state index is 0.0129. The van der Waals surface area contributed by atoms with Crippen LogP contribution in [0.1, 0.15) is 5.56 Å². The quantitative estimate of drug-likeness (QED) is 0.195. The van der Waals surface area contributed by atoms with Gasteiger partial charge in [-0.3, -0.25) is 35.1 Å². The molecule has 3 aromatic carbocycles. The molecule has 1 heterocycles. The number of benzene rings is 3. The number of hydrogen-bond donors (Lipinski definition) is 1. The van der Waals surface area contributed by atoms with E-state index in [9.17, 15) is 34.6 Å². The monoisotopic (exact) mass is 538 g/mol. The third kappa shape index (κ3) is 4.99. The molecule has 0 aromatic heterocycles. The molecule has 4 amide bonds. The van der Waals surface area contributed by atoms with Crippen molar-refractivity contribution in [3.8, 4) is 17.2 Å². The summed E-state index contributed by atoms with van der Waals surface area (Å²) in [5, 5.41) is 24.6. The minimum atomic E-state index is -0.962. The fourth-order valence-electron chi connectivity index (χ4n) is 3.50. The number of methoxy groups -OCH3 is 1. The zero-order valence-electron chi connectivity index (χ0n) is 19.2. The van der Waals surface area contributed by atoms with Crippen LogP contribution in [0.4, 0.5) is 21.9 Å². The van der Waals surface area contributed by atoms with E-state index in [4.69, 9.17) is 21.1 Å². The van der Waals surface area contributed by atoms with Crippen molar-refractivity contribution in [1.82, 2.24) is 5.32 Å². The number of hydrogen-bond acceptors (Lipinski definition) is 9. The highest BCUT2D eigenvalue weighted by Gasteiger charge is 2.37. The van der Waals surface area contributed by atoms with Crippen molar-refractivity contribution in [2.75, 3.05) is 12.0 Å². The molecule has 0 aliphatic carbocycles. The number of ether oxygens (including phenoxy) is 2. The number of non-ortho nitro benzene ring substituents is 1. The first-order chi connectivity index (χ1) is 18.1. The number of halogens is 1. The summed E-state index contributed by atoms with van der Waals surface area (Å²) in [7, 11) is 1.29. The number of nitrogens with one attached hydrogen (secondary N) is 1. The first-order valence-corrected chi connectivity index (χ1v) is 10.9. The Morgan fingerprint density at radius 3 is 2.29 bits per heavy atom. The van der Waals surface area contributed by atoms with Gasteiger partial charge >= 0.3 is 11.7 Å². The molecule has 13 nitrogen and oxygen atoms in total. The first kappa shape index (κ1) is 25.8. The second-order valence-electron chi connectivity index (χ2n) is 7.59. The Morgan fingerprint density at radius 2 is 1.63 bits per heavy atom. The molecule has 1 saturated heterocycles. The van der Waals surface area contributed by atoms with Gasteiger partial charge in [0.1, 0.15) is 5.57 Å². The van der Waals surface area contributed by atoms with E-state index in [-0.39, 0.29) is 33.5 Å².